The van der Waals surface area contributed by atoms with Crippen molar-refractivity contribution in [2.24, 2.45) is 24.8 Å². The van der Waals surface area contributed by atoms with Crippen molar-refractivity contribution in [3.05, 3.63) is 39.3 Å². The van der Waals surface area contributed by atoms with Gasteiger partial charge in [-0.2, -0.15) is 0 Å². The number of allylic oxidation sites excluding steroid dienone is 1. The minimum atomic E-state index is -1.80. The second-order valence-electron chi connectivity index (χ2n) is 11.1. The molecule has 3 N–H and O–H groups in total. The summed E-state index contributed by atoms with van der Waals surface area (Å²) in [6, 6.07) is 0. The van der Waals surface area contributed by atoms with Crippen molar-refractivity contribution >= 4 is 5.78 Å². The molecule has 1 saturated heterocycles. The molecule has 2 aliphatic rings. The van der Waals surface area contributed by atoms with Crippen LogP contribution in [0.2, 0.25) is 0 Å². The van der Waals surface area contributed by atoms with Gasteiger partial charge in [-0.25, -0.2) is 0 Å². The first-order valence-corrected chi connectivity index (χ1v) is 13.1. The molecule has 0 spiro atoms. The Hall–Kier alpha value is -1.96. The molecule has 2 fully saturated rings. The molecule has 35 heavy (non-hydrogen) atoms. The molecule has 0 radical (unpaired) electrons. The second kappa shape index (κ2) is 11.0. The number of aliphatic hydroxyl groups excluding tert-OH is 1. The number of ether oxygens (including phenoxy) is 1. The van der Waals surface area contributed by atoms with Crippen LogP contribution < -0.4 is 5.56 Å². The van der Waals surface area contributed by atoms with E-state index in [2.05, 4.69) is 40.7 Å². The highest BCUT2D eigenvalue weighted by atomic mass is 16.5. The monoisotopic (exact) mass is 489 g/mol. The maximum atomic E-state index is 13.2. The van der Waals surface area contributed by atoms with Gasteiger partial charge in [0.15, 0.2) is 0 Å². The third kappa shape index (κ3) is 5.73. The third-order valence-corrected chi connectivity index (χ3v) is 8.11. The van der Waals surface area contributed by atoms with Gasteiger partial charge in [0.05, 0.1) is 23.9 Å². The molecular weight excluding hydrogens is 446 g/mol. The number of rotatable bonds is 7. The maximum Gasteiger partial charge on any atom is 0.259 e. The van der Waals surface area contributed by atoms with Crippen molar-refractivity contribution in [2.45, 2.75) is 103 Å². The van der Waals surface area contributed by atoms with Crippen molar-refractivity contribution in [1.82, 2.24) is 4.57 Å². The van der Waals surface area contributed by atoms with E-state index in [9.17, 15) is 24.9 Å². The van der Waals surface area contributed by atoms with Crippen molar-refractivity contribution in [1.29, 1.82) is 0 Å². The van der Waals surface area contributed by atoms with E-state index >= 15 is 0 Å². The van der Waals surface area contributed by atoms with E-state index < -0.39 is 17.8 Å². The van der Waals surface area contributed by atoms with Crippen LogP contribution in [-0.2, 0) is 22.2 Å². The molecule has 3 rings (SSSR count). The topological polar surface area (TPSA) is 109 Å². The van der Waals surface area contributed by atoms with Crippen LogP contribution in [0.3, 0.4) is 0 Å². The summed E-state index contributed by atoms with van der Waals surface area (Å²) in [6.45, 7) is 10.9. The molecule has 1 aliphatic carbocycles. The maximum absolute atomic E-state index is 13.2. The molecule has 2 heterocycles. The van der Waals surface area contributed by atoms with E-state index in [4.69, 9.17) is 4.74 Å². The van der Waals surface area contributed by atoms with Gasteiger partial charge in [-0.05, 0) is 55.9 Å². The summed E-state index contributed by atoms with van der Waals surface area (Å²) in [7, 11) is 1.56. The van der Waals surface area contributed by atoms with Gasteiger partial charge >= 0.3 is 0 Å². The zero-order valence-electron chi connectivity index (χ0n) is 22.1. The predicted molar refractivity (Wildman–Crippen MR) is 135 cm³/mol. The van der Waals surface area contributed by atoms with Crippen LogP contribution in [0.25, 0.3) is 0 Å². The second-order valence-corrected chi connectivity index (χ2v) is 11.1. The van der Waals surface area contributed by atoms with Crippen LogP contribution in [-0.4, -0.2) is 37.9 Å². The zero-order chi connectivity index (χ0) is 26.1. The number of hydrogen-bond acceptors (Lipinski definition) is 6. The molecule has 196 valence electrons. The average Bonchev–Trinajstić information content (AvgIpc) is 2.79. The standard InChI is InChI=1S/C28H43NO6/c1-7-16(2)12-17(3)13-19(5)26-18(4)8-9-22(35-26)24-25(32)21(15-29(6)27(24)33)28(34)11-10-20(30)14-23(28)31/h13,15-18,22-23,26,31-32,34H,7-12,14H2,1-6H3/t16-,17+,18+,22-,23+,26+,28-/m0/s1. The van der Waals surface area contributed by atoms with Gasteiger partial charge in [0.2, 0.25) is 0 Å². The SMILES string of the molecule is CC[C@H](C)C[C@@H](C)C=C(C)[C@@H]1O[C@H](c2c(O)c([C@@]3(O)CCC(=O)C[C@H]3O)cn(C)c2=O)CC[C@H]1C. The molecule has 0 aromatic carbocycles. The van der Waals surface area contributed by atoms with Crippen molar-refractivity contribution in [3.63, 3.8) is 0 Å². The van der Waals surface area contributed by atoms with E-state index in [0.29, 0.717) is 18.3 Å². The van der Waals surface area contributed by atoms with Gasteiger partial charge in [-0.1, -0.05) is 40.2 Å². The fraction of sp³-hybridized carbons (Fsp3) is 0.714. The summed E-state index contributed by atoms with van der Waals surface area (Å²) >= 11 is 0. The van der Waals surface area contributed by atoms with Crippen molar-refractivity contribution in [2.75, 3.05) is 0 Å². The molecular formula is C28H43NO6. The number of ketones is 1. The summed E-state index contributed by atoms with van der Waals surface area (Å²) in [5.74, 6) is 0.849. The van der Waals surface area contributed by atoms with E-state index in [1.807, 2.05) is 0 Å². The highest BCUT2D eigenvalue weighted by molar-refractivity contribution is 5.80. The molecule has 0 unspecified atom stereocenters. The molecule has 7 nitrogen and oxygen atoms in total. The first-order valence-electron chi connectivity index (χ1n) is 13.1. The summed E-state index contributed by atoms with van der Waals surface area (Å²) in [5, 5.41) is 33.1. The number of pyridine rings is 1. The van der Waals surface area contributed by atoms with Gasteiger partial charge in [-0.3, -0.25) is 9.59 Å². The number of carbonyl (C=O) groups is 1. The van der Waals surface area contributed by atoms with E-state index in [0.717, 1.165) is 24.8 Å². The van der Waals surface area contributed by atoms with Crippen LogP contribution in [0.5, 0.6) is 5.75 Å². The van der Waals surface area contributed by atoms with Gasteiger partial charge < -0.3 is 24.6 Å². The number of hydrogen-bond donors (Lipinski definition) is 3. The minimum Gasteiger partial charge on any atom is -0.507 e. The molecule has 0 bridgehead atoms. The number of aliphatic hydroxyl groups is 2. The molecule has 1 aliphatic heterocycles. The van der Waals surface area contributed by atoms with Crippen molar-refractivity contribution < 1.29 is 24.9 Å². The van der Waals surface area contributed by atoms with Crippen LogP contribution in [0.1, 0.15) is 96.8 Å². The van der Waals surface area contributed by atoms with E-state index in [1.165, 1.54) is 10.8 Å². The molecule has 7 atom stereocenters. The average molecular weight is 490 g/mol. The Balaban J connectivity index is 1.95. The zero-order valence-corrected chi connectivity index (χ0v) is 22.1. The summed E-state index contributed by atoms with van der Waals surface area (Å²) in [6.07, 6.45) is 5.01. The van der Waals surface area contributed by atoms with Crippen LogP contribution in [0.15, 0.2) is 22.6 Å². The Morgan fingerprint density at radius 1 is 1.31 bits per heavy atom. The quantitative estimate of drug-likeness (QED) is 0.494. The first kappa shape index (κ1) is 27.6. The first-order chi connectivity index (χ1) is 16.4. The van der Waals surface area contributed by atoms with Crippen LogP contribution in [0, 0.1) is 17.8 Å². The number of nitrogens with zero attached hydrogens (tertiary/aromatic N) is 1. The molecule has 7 heteroatoms. The Labute approximate surface area is 208 Å². The largest absolute Gasteiger partial charge is 0.507 e. The minimum absolute atomic E-state index is 0.0146. The normalized spacial score (nSPS) is 31.9. The van der Waals surface area contributed by atoms with Gasteiger partial charge in [0.1, 0.15) is 17.1 Å². The van der Waals surface area contributed by atoms with Crippen LogP contribution in [0.4, 0.5) is 0 Å². The lowest BCUT2D eigenvalue weighted by atomic mass is 9.76. The molecule has 1 aromatic rings. The Bertz CT molecular complexity index is 1010. The van der Waals surface area contributed by atoms with E-state index in [-0.39, 0.29) is 59.5 Å². The van der Waals surface area contributed by atoms with Gasteiger partial charge in [-0.15, -0.1) is 0 Å². The lowest BCUT2D eigenvalue weighted by molar-refractivity contribution is -0.143. The third-order valence-electron chi connectivity index (χ3n) is 8.11. The number of carbonyl (C=O) groups excluding carboxylic acids is 1. The molecule has 0 amide bonds. The number of aromatic hydroxyl groups is 1. The summed E-state index contributed by atoms with van der Waals surface area (Å²) < 4.78 is 7.79. The number of aromatic nitrogens is 1. The lowest BCUT2D eigenvalue weighted by Gasteiger charge is -2.39. The Morgan fingerprint density at radius 2 is 2.00 bits per heavy atom. The number of aryl methyl sites for hydroxylation is 1. The van der Waals surface area contributed by atoms with Gasteiger partial charge in [0.25, 0.3) is 5.56 Å². The smallest absolute Gasteiger partial charge is 0.259 e. The van der Waals surface area contributed by atoms with E-state index in [1.54, 1.807) is 7.05 Å². The summed E-state index contributed by atoms with van der Waals surface area (Å²) in [4.78, 5) is 24.9. The number of Topliss-reactive ketones (excluding diaryl/α,β-unsaturated/α-hetero) is 1. The molecule has 1 saturated carbocycles. The highest BCUT2D eigenvalue weighted by Gasteiger charge is 2.46. The molecule has 1 aromatic heterocycles. The highest BCUT2D eigenvalue weighted by Crippen LogP contribution is 2.45. The Kier molecular flexibility index (Phi) is 8.66. The Morgan fingerprint density at radius 3 is 2.63 bits per heavy atom. The summed E-state index contributed by atoms with van der Waals surface area (Å²) in [5.41, 5.74) is -0.879. The lowest BCUT2D eigenvalue weighted by Crippen LogP contribution is -2.46. The fourth-order valence-electron chi connectivity index (χ4n) is 5.78. The van der Waals surface area contributed by atoms with Gasteiger partial charge in [0, 0.05) is 31.6 Å². The van der Waals surface area contributed by atoms with Crippen LogP contribution >= 0.6 is 0 Å². The predicted octanol–water partition coefficient (Wildman–Crippen LogP) is 4.27. The fourth-order valence-corrected chi connectivity index (χ4v) is 5.78. The van der Waals surface area contributed by atoms with Crippen molar-refractivity contribution in [3.8, 4) is 5.75 Å².